The van der Waals surface area contributed by atoms with E-state index in [4.69, 9.17) is 11.1 Å². The first-order valence-corrected chi connectivity index (χ1v) is 7.17. The lowest BCUT2D eigenvalue weighted by atomic mass is 10.1. The first-order chi connectivity index (χ1) is 9.56. The van der Waals surface area contributed by atoms with Crippen molar-refractivity contribution in [1.29, 1.82) is 5.41 Å². The Labute approximate surface area is 119 Å². The molecule has 0 amide bonds. The second-order valence-corrected chi connectivity index (χ2v) is 5.94. The molecule has 20 heavy (non-hydrogen) atoms. The molecule has 0 bridgehead atoms. The maximum absolute atomic E-state index is 11.7. The Bertz CT molecular complexity index is 729. The predicted octanol–water partition coefficient (Wildman–Crippen LogP) is 1.65. The smallest absolute Gasteiger partial charge is 0.344 e. The van der Waals surface area contributed by atoms with Crippen LogP contribution < -0.4 is 11.4 Å². The summed E-state index contributed by atoms with van der Waals surface area (Å²) in [4.78, 5) is 12.6. The average molecular weight is 289 g/mol. The first-order valence-electron chi connectivity index (χ1n) is 6.36. The molecule has 0 aliphatic heterocycles. The number of nitrogens with zero attached hydrogens (tertiary/aromatic N) is 2. The zero-order valence-electron chi connectivity index (χ0n) is 11.0. The number of aromatic nitrogens is 3. The Hall–Kier alpha value is -2.02. The van der Waals surface area contributed by atoms with Gasteiger partial charge in [0, 0.05) is 16.5 Å². The van der Waals surface area contributed by atoms with Crippen molar-refractivity contribution in [3.63, 3.8) is 0 Å². The van der Waals surface area contributed by atoms with Crippen LogP contribution >= 0.6 is 11.8 Å². The van der Waals surface area contributed by atoms with E-state index in [-0.39, 0.29) is 17.6 Å². The van der Waals surface area contributed by atoms with Gasteiger partial charge in [0.05, 0.1) is 0 Å². The molecule has 4 N–H and O–H groups in total. The molecule has 1 aromatic carbocycles. The van der Waals surface area contributed by atoms with E-state index >= 15 is 0 Å². The third kappa shape index (κ3) is 2.36. The molecule has 0 unspecified atom stereocenters. The largest absolute Gasteiger partial charge is 0.384 e. The van der Waals surface area contributed by atoms with Crippen molar-refractivity contribution in [3.05, 3.63) is 39.8 Å². The number of benzene rings is 1. The maximum Gasteiger partial charge on any atom is 0.344 e. The molecule has 1 aromatic heterocycles. The van der Waals surface area contributed by atoms with Gasteiger partial charge in [0.1, 0.15) is 5.84 Å². The van der Waals surface area contributed by atoms with Crippen molar-refractivity contribution in [1.82, 2.24) is 14.8 Å². The summed E-state index contributed by atoms with van der Waals surface area (Å²) in [6.45, 7) is 1.95. The fourth-order valence-electron chi connectivity index (χ4n) is 2.06. The van der Waals surface area contributed by atoms with Crippen LogP contribution in [0.25, 0.3) is 0 Å². The highest BCUT2D eigenvalue weighted by Gasteiger charge is 2.29. The standard InChI is InChI=1S/C13H15N5OS/c1-7-2-5-10(9(6-7)11(14)15)20-13-17-16-12(19)18(13)8-3-4-8/h2,5-6,8H,3-4H2,1H3,(H3,14,15)(H,16,19). The number of hydrogen-bond acceptors (Lipinski definition) is 4. The summed E-state index contributed by atoms with van der Waals surface area (Å²) in [5, 5.41) is 14.9. The molecule has 1 fully saturated rings. The van der Waals surface area contributed by atoms with E-state index in [0.29, 0.717) is 10.7 Å². The Balaban J connectivity index is 1.99. The monoisotopic (exact) mass is 289 g/mol. The molecule has 1 heterocycles. The van der Waals surface area contributed by atoms with Crippen molar-refractivity contribution in [3.8, 4) is 0 Å². The summed E-state index contributed by atoms with van der Waals surface area (Å²) in [5.41, 5.74) is 7.17. The van der Waals surface area contributed by atoms with Crippen LogP contribution in [0, 0.1) is 12.3 Å². The number of nitrogens with two attached hydrogens (primary N) is 1. The van der Waals surface area contributed by atoms with E-state index in [9.17, 15) is 4.79 Å². The van der Waals surface area contributed by atoms with E-state index in [0.717, 1.165) is 23.3 Å². The van der Waals surface area contributed by atoms with Crippen molar-refractivity contribution in [2.45, 2.75) is 35.9 Å². The number of H-pyrrole nitrogens is 1. The third-order valence-electron chi connectivity index (χ3n) is 3.21. The minimum atomic E-state index is -0.175. The quantitative estimate of drug-likeness (QED) is 0.588. The van der Waals surface area contributed by atoms with Gasteiger partial charge in [-0.25, -0.2) is 9.89 Å². The number of aromatic amines is 1. The highest BCUT2D eigenvalue weighted by atomic mass is 32.2. The molecular formula is C13H15N5OS. The molecule has 0 spiro atoms. The predicted molar refractivity (Wildman–Crippen MR) is 77.4 cm³/mol. The van der Waals surface area contributed by atoms with E-state index in [1.165, 1.54) is 11.8 Å². The zero-order chi connectivity index (χ0) is 14.3. The average Bonchev–Trinajstić information content (AvgIpc) is 3.17. The normalized spacial score (nSPS) is 14.4. The summed E-state index contributed by atoms with van der Waals surface area (Å²) >= 11 is 1.37. The number of rotatable bonds is 4. The molecule has 1 aliphatic carbocycles. The number of amidine groups is 1. The van der Waals surface area contributed by atoms with Gasteiger partial charge >= 0.3 is 5.69 Å². The number of aryl methyl sites for hydroxylation is 1. The zero-order valence-corrected chi connectivity index (χ0v) is 11.8. The third-order valence-corrected chi connectivity index (χ3v) is 4.26. The van der Waals surface area contributed by atoms with Gasteiger partial charge in [0.2, 0.25) is 0 Å². The Kier molecular flexibility index (Phi) is 3.13. The van der Waals surface area contributed by atoms with Crippen molar-refractivity contribution in [2.24, 2.45) is 5.73 Å². The SMILES string of the molecule is Cc1ccc(Sc2n[nH]c(=O)n2C2CC2)c(C(=N)N)c1. The van der Waals surface area contributed by atoms with Gasteiger partial charge in [-0.1, -0.05) is 11.6 Å². The Morgan fingerprint density at radius 3 is 2.95 bits per heavy atom. The molecule has 3 rings (SSSR count). The molecule has 1 saturated carbocycles. The molecular weight excluding hydrogens is 274 g/mol. The fourth-order valence-corrected chi connectivity index (χ4v) is 3.09. The number of nitrogen functional groups attached to an aromatic ring is 1. The Morgan fingerprint density at radius 1 is 1.55 bits per heavy atom. The molecule has 0 saturated heterocycles. The molecule has 0 radical (unpaired) electrons. The van der Waals surface area contributed by atoms with Crippen LogP contribution in [-0.4, -0.2) is 20.6 Å². The van der Waals surface area contributed by atoms with E-state index < -0.39 is 0 Å². The van der Waals surface area contributed by atoms with Gasteiger partial charge in [-0.15, -0.1) is 5.10 Å². The van der Waals surface area contributed by atoms with Crippen LogP contribution in [0.5, 0.6) is 0 Å². The van der Waals surface area contributed by atoms with E-state index in [2.05, 4.69) is 10.2 Å². The van der Waals surface area contributed by atoms with Gasteiger partial charge in [-0.3, -0.25) is 9.98 Å². The fraction of sp³-hybridized carbons (Fsp3) is 0.308. The number of hydrogen-bond donors (Lipinski definition) is 3. The highest BCUT2D eigenvalue weighted by molar-refractivity contribution is 7.99. The molecule has 1 aliphatic rings. The van der Waals surface area contributed by atoms with Crippen molar-refractivity contribution < 1.29 is 0 Å². The first kappa shape index (κ1) is 13.0. The maximum atomic E-state index is 11.7. The second kappa shape index (κ2) is 4.82. The summed E-state index contributed by atoms with van der Waals surface area (Å²) in [6.07, 6.45) is 2.03. The lowest BCUT2D eigenvalue weighted by Gasteiger charge is -2.09. The van der Waals surface area contributed by atoms with Crippen LogP contribution in [0.3, 0.4) is 0 Å². The Morgan fingerprint density at radius 2 is 2.30 bits per heavy atom. The minimum Gasteiger partial charge on any atom is -0.384 e. The summed E-state index contributed by atoms with van der Waals surface area (Å²) < 4.78 is 1.69. The lowest BCUT2D eigenvalue weighted by molar-refractivity contribution is 0.642. The molecule has 0 atom stereocenters. The number of nitrogens with one attached hydrogen (secondary N) is 2. The molecule has 7 heteroatoms. The van der Waals surface area contributed by atoms with Crippen LogP contribution in [0.1, 0.15) is 30.0 Å². The van der Waals surface area contributed by atoms with Gasteiger partial charge in [-0.05, 0) is 43.7 Å². The molecule has 2 aromatic rings. The van der Waals surface area contributed by atoms with Crippen LogP contribution in [-0.2, 0) is 0 Å². The van der Waals surface area contributed by atoms with E-state index in [1.807, 2.05) is 25.1 Å². The van der Waals surface area contributed by atoms with Gasteiger partial charge in [0.25, 0.3) is 0 Å². The highest BCUT2D eigenvalue weighted by Crippen LogP contribution is 2.38. The van der Waals surface area contributed by atoms with Crippen LogP contribution in [0.15, 0.2) is 33.0 Å². The van der Waals surface area contributed by atoms with Crippen LogP contribution in [0.2, 0.25) is 0 Å². The topological polar surface area (TPSA) is 101 Å². The van der Waals surface area contributed by atoms with E-state index in [1.54, 1.807) is 4.57 Å². The van der Waals surface area contributed by atoms with Gasteiger partial charge in [0.15, 0.2) is 5.16 Å². The lowest BCUT2D eigenvalue weighted by Crippen LogP contribution is -2.16. The molecule has 104 valence electrons. The van der Waals surface area contributed by atoms with Crippen molar-refractivity contribution >= 4 is 17.6 Å². The summed E-state index contributed by atoms with van der Waals surface area (Å²) in [6, 6.07) is 6.00. The van der Waals surface area contributed by atoms with Crippen molar-refractivity contribution in [2.75, 3.05) is 0 Å². The summed E-state index contributed by atoms with van der Waals surface area (Å²) in [7, 11) is 0. The second-order valence-electron chi connectivity index (χ2n) is 4.93. The minimum absolute atomic E-state index is 0.0204. The molecule has 6 nitrogen and oxygen atoms in total. The summed E-state index contributed by atoms with van der Waals surface area (Å²) in [5.74, 6) is 0.0204. The van der Waals surface area contributed by atoms with Gasteiger partial charge < -0.3 is 5.73 Å². The van der Waals surface area contributed by atoms with Crippen LogP contribution in [0.4, 0.5) is 0 Å². The van der Waals surface area contributed by atoms with Gasteiger partial charge in [-0.2, -0.15) is 0 Å².